The summed E-state index contributed by atoms with van der Waals surface area (Å²) in [6.45, 7) is 10.5. The molecule has 0 amide bonds. The van der Waals surface area contributed by atoms with Crippen molar-refractivity contribution < 1.29 is 0 Å². The number of nitrogens with two attached hydrogens (primary N) is 1. The molecule has 0 atom stereocenters. The van der Waals surface area contributed by atoms with Gasteiger partial charge in [0.25, 0.3) is 0 Å². The van der Waals surface area contributed by atoms with Crippen LogP contribution in [0.25, 0.3) is 11.0 Å². The van der Waals surface area contributed by atoms with E-state index < -0.39 is 0 Å². The number of rotatable bonds is 3. The van der Waals surface area contributed by atoms with E-state index in [1.807, 2.05) is 13.8 Å². The van der Waals surface area contributed by atoms with Gasteiger partial charge in [-0.3, -0.25) is 0 Å². The van der Waals surface area contributed by atoms with Crippen molar-refractivity contribution in [3.63, 3.8) is 0 Å². The molecular formula is C15H23N3. The third-order valence-electron chi connectivity index (χ3n) is 4.16. The molecule has 2 aromatic rings. The molecule has 0 saturated carbocycles. The van der Waals surface area contributed by atoms with E-state index in [-0.39, 0.29) is 11.0 Å². The van der Waals surface area contributed by atoms with Gasteiger partial charge >= 0.3 is 0 Å². The molecule has 0 fully saturated rings. The number of fused-ring (bicyclic) bond motifs is 1. The van der Waals surface area contributed by atoms with Crippen LogP contribution >= 0.6 is 0 Å². The molecule has 0 bridgehead atoms. The van der Waals surface area contributed by atoms with Gasteiger partial charge in [-0.2, -0.15) is 0 Å². The maximum Gasteiger partial charge on any atom is 0.114 e. The second kappa shape index (κ2) is 4.09. The lowest BCUT2D eigenvalue weighted by molar-refractivity contribution is 0.293. The molecule has 0 radical (unpaired) electrons. The fourth-order valence-electron chi connectivity index (χ4n) is 1.88. The van der Waals surface area contributed by atoms with Crippen LogP contribution in [-0.4, -0.2) is 15.5 Å². The van der Waals surface area contributed by atoms with Crippen LogP contribution in [0.4, 0.5) is 0 Å². The second-order valence-corrected chi connectivity index (χ2v) is 6.14. The smallest absolute Gasteiger partial charge is 0.114 e. The van der Waals surface area contributed by atoms with Gasteiger partial charge in [0.1, 0.15) is 5.82 Å². The minimum atomic E-state index is -0.325. The van der Waals surface area contributed by atoms with Crippen LogP contribution in [0.5, 0.6) is 0 Å². The van der Waals surface area contributed by atoms with Gasteiger partial charge in [-0.1, -0.05) is 26.8 Å². The number of hydrogen-bond acceptors (Lipinski definition) is 2. The molecule has 0 spiro atoms. The van der Waals surface area contributed by atoms with E-state index in [0.717, 1.165) is 23.3 Å². The summed E-state index contributed by atoms with van der Waals surface area (Å²) in [4.78, 5) is 8.12. The summed E-state index contributed by atoms with van der Waals surface area (Å²) >= 11 is 0. The number of hydrogen-bond donors (Lipinski definition) is 2. The Morgan fingerprint density at radius 2 is 1.89 bits per heavy atom. The zero-order valence-corrected chi connectivity index (χ0v) is 12.0. The molecular weight excluding hydrogens is 222 g/mol. The molecule has 0 unspecified atom stereocenters. The lowest BCUT2D eigenvalue weighted by atomic mass is 9.74. The van der Waals surface area contributed by atoms with Crippen LogP contribution in [0, 0.1) is 0 Å². The van der Waals surface area contributed by atoms with Crippen molar-refractivity contribution in [2.45, 2.75) is 52.0 Å². The Morgan fingerprint density at radius 3 is 2.44 bits per heavy atom. The molecule has 3 nitrogen and oxygen atoms in total. The monoisotopic (exact) mass is 245 g/mol. The van der Waals surface area contributed by atoms with Crippen LogP contribution in [0.3, 0.4) is 0 Å². The number of imidazole rings is 1. The number of aromatic amines is 1. The number of benzene rings is 1. The second-order valence-electron chi connectivity index (χ2n) is 6.14. The Hall–Kier alpha value is -1.35. The Morgan fingerprint density at radius 1 is 1.22 bits per heavy atom. The third-order valence-corrected chi connectivity index (χ3v) is 4.16. The van der Waals surface area contributed by atoms with Gasteiger partial charge in [-0.05, 0) is 38.0 Å². The highest BCUT2D eigenvalue weighted by molar-refractivity contribution is 5.76. The predicted molar refractivity (Wildman–Crippen MR) is 76.8 cm³/mol. The van der Waals surface area contributed by atoms with Crippen molar-refractivity contribution >= 4 is 11.0 Å². The Labute approximate surface area is 109 Å². The predicted octanol–water partition coefficient (Wildman–Crippen LogP) is 3.14. The molecule has 3 N–H and O–H groups in total. The van der Waals surface area contributed by atoms with Gasteiger partial charge in [0.2, 0.25) is 0 Å². The number of aromatic nitrogens is 2. The maximum absolute atomic E-state index is 6.26. The zero-order valence-electron chi connectivity index (χ0n) is 12.0. The van der Waals surface area contributed by atoms with Gasteiger partial charge in [0.15, 0.2) is 0 Å². The van der Waals surface area contributed by atoms with E-state index in [1.165, 1.54) is 5.56 Å². The molecule has 0 aliphatic carbocycles. The number of nitrogens with one attached hydrogen (secondary N) is 1. The minimum absolute atomic E-state index is 0.196. The van der Waals surface area contributed by atoms with E-state index in [0.29, 0.717) is 0 Å². The zero-order chi connectivity index (χ0) is 13.6. The van der Waals surface area contributed by atoms with Crippen molar-refractivity contribution in [1.82, 2.24) is 9.97 Å². The van der Waals surface area contributed by atoms with E-state index >= 15 is 0 Å². The summed E-state index contributed by atoms with van der Waals surface area (Å²) in [5.41, 5.74) is 9.18. The lowest BCUT2D eigenvalue weighted by Gasteiger charge is -2.36. The first-order chi connectivity index (χ1) is 8.25. The third kappa shape index (κ3) is 2.03. The summed E-state index contributed by atoms with van der Waals surface area (Å²) in [7, 11) is 0. The fourth-order valence-corrected chi connectivity index (χ4v) is 1.88. The quantitative estimate of drug-likeness (QED) is 0.872. The van der Waals surface area contributed by atoms with E-state index in [9.17, 15) is 0 Å². The molecule has 3 heteroatoms. The van der Waals surface area contributed by atoms with Crippen LogP contribution in [0.2, 0.25) is 0 Å². The van der Waals surface area contributed by atoms with E-state index in [4.69, 9.17) is 10.7 Å². The summed E-state index contributed by atoms with van der Waals surface area (Å²) in [5, 5.41) is 0. The maximum atomic E-state index is 6.26. The first-order valence-corrected chi connectivity index (χ1v) is 6.53. The largest absolute Gasteiger partial charge is 0.341 e. The van der Waals surface area contributed by atoms with Crippen molar-refractivity contribution in [3.05, 3.63) is 29.6 Å². The number of aryl methyl sites for hydroxylation is 1. The average molecular weight is 245 g/mol. The van der Waals surface area contributed by atoms with Crippen LogP contribution in [0.1, 0.15) is 46.0 Å². The fraction of sp³-hybridized carbons (Fsp3) is 0.533. The standard InChI is InChI=1S/C15H23N3/c1-6-10-7-8-11-12(9-10)18-13(17-11)14(2,3)15(4,5)16/h7-9H,6,16H2,1-5H3,(H,17,18). The van der Waals surface area contributed by atoms with Gasteiger partial charge in [0, 0.05) is 11.0 Å². The molecule has 18 heavy (non-hydrogen) atoms. The van der Waals surface area contributed by atoms with E-state index in [1.54, 1.807) is 0 Å². The highest BCUT2D eigenvalue weighted by Crippen LogP contribution is 2.32. The van der Waals surface area contributed by atoms with Gasteiger partial charge in [0.05, 0.1) is 11.0 Å². The van der Waals surface area contributed by atoms with Crippen molar-refractivity contribution in [2.75, 3.05) is 0 Å². The molecule has 0 aliphatic rings. The highest BCUT2D eigenvalue weighted by atomic mass is 15.0. The normalized spacial score (nSPS) is 13.2. The molecule has 1 heterocycles. The van der Waals surface area contributed by atoms with Crippen LogP contribution in [0.15, 0.2) is 18.2 Å². The molecule has 2 rings (SSSR count). The summed E-state index contributed by atoms with van der Waals surface area (Å²) < 4.78 is 0. The molecule has 1 aromatic heterocycles. The summed E-state index contributed by atoms with van der Waals surface area (Å²) in [5.74, 6) is 0.957. The van der Waals surface area contributed by atoms with Crippen molar-refractivity contribution in [2.24, 2.45) is 5.73 Å². The molecule has 0 aliphatic heterocycles. The van der Waals surface area contributed by atoms with E-state index in [2.05, 4.69) is 44.0 Å². The SMILES string of the molecule is CCc1ccc2nc(C(C)(C)C(C)(C)N)[nH]c2c1. The Kier molecular flexibility index (Phi) is 2.98. The van der Waals surface area contributed by atoms with Crippen LogP contribution < -0.4 is 5.73 Å². The first kappa shape index (κ1) is 13.1. The first-order valence-electron chi connectivity index (χ1n) is 6.53. The van der Waals surface area contributed by atoms with Crippen molar-refractivity contribution in [1.29, 1.82) is 0 Å². The van der Waals surface area contributed by atoms with Crippen molar-refractivity contribution in [3.8, 4) is 0 Å². The van der Waals surface area contributed by atoms with Crippen LogP contribution in [-0.2, 0) is 11.8 Å². The summed E-state index contributed by atoms with van der Waals surface area (Å²) in [6.07, 6.45) is 1.04. The Bertz CT molecular complexity index is 559. The molecule has 0 saturated heterocycles. The van der Waals surface area contributed by atoms with Gasteiger partial charge in [-0.25, -0.2) is 4.98 Å². The lowest BCUT2D eigenvalue weighted by Crippen LogP contribution is -2.50. The summed E-state index contributed by atoms with van der Waals surface area (Å²) in [6, 6.07) is 6.38. The molecule has 1 aromatic carbocycles. The number of nitrogens with zero attached hydrogens (tertiary/aromatic N) is 1. The Balaban J connectivity index is 2.54. The minimum Gasteiger partial charge on any atom is -0.341 e. The topological polar surface area (TPSA) is 54.7 Å². The average Bonchev–Trinajstić information content (AvgIpc) is 2.70. The highest BCUT2D eigenvalue weighted by Gasteiger charge is 2.37. The van der Waals surface area contributed by atoms with Gasteiger partial charge < -0.3 is 10.7 Å². The van der Waals surface area contributed by atoms with Gasteiger partial charge in [-0.15, -0.1) is 0 Å². The number of H-pyrrole nitrogens is 1. The molecule has 98 valence electrons.